The Morgan fingerprint density at radius 1 is 1.56 bits per heavy atom. The summed E-state index contributed by atoms with van der Waals surface area (Å²) < 4.78 is 17.6. The third-order valence-corrected chi connectivity index (χ3v) is 1.81. The number of halogens is 1. The van der Waals surface area contributed by atoms with Crippen molar-refractivity contribution in [1.82, 2.24) is 0 Å². The van der Waals surface area contributed by atoms with E-state index in [2.05, 4.69) is 4.74 Å². The lowest BCUT2D eigenvalue weighted by Crippen LogP contribution is -1.97. The van der Waals surface area contributed by atoms with Crippen LogP contribution in [0.2, 0.25) is 0 Å². The molecular formula is C10H8FNO4. The molecule has 84 valence electrons. The van der Waals surface area contributed by atoms with Crippen molar-refractivity contribution in [3.8, 4) is 0 Å². The van der Waals surface area contributed by atoms with Crippen LogP contribution in [-0.2, 0) is 9.53 Å². The number of benzene rings is 1. The zero-order chi connectivity index (χ0) is 12.1. The number of nitro benzene ring substituents is 1. The molecule has 0 aliphatic heterocycles. The van der Waals surface area contributed by atoms with E-state index in [1.54, 1.807) is 0 Å². The average molecular weight is 225 g/mol. The smallest absolute Gasteiger partial charge is 0.330 e. The Hall–Kier alpha value is -2.24. The van der Waals surface area contributed by atoms with Gasteiger partial charge in [-0.05, 0) is 12.1 Å². The third-order valence-electron chi connectivity index (χ3n) is 1.81. The first-order valence-corrected chi connectivity index (χ1v) is 4.25. The van der Waals surface area contributed by atoms with Crippen LogP contribution >= 0.6 is 0 Å². The monoisotopic (exact) mass is 225 g/mol. The van der Waals surface area contributed by atoms with Gasteiger partial charge in [0.25, 0.3) is 5.69 Å². The summed E-state index contributed by atoms with van der Waals surface area (Å²) in [5.41, 5.74) is -0.655. The summed E-state index contributed by atoms with van der Waals surface area (Å²) in [5, 5.41) is 10.6. The fourth-order valence-electron chi connectivity index (χ4n) is 1.07. The quantitative estimate of drug-likeness (QED) is 0.341. The molecule has 0 amide bonds. The number of ether oxygens (including phenoxy) is 1. The standard InChI is InChI=1S/C10H8FNO4/c1-16-10(13)6-5-7-8(11)3-2-4-9(7)12(14)15/h2-6H,1H3/b6-5+. The number of esters is 1. The Kier molecular flexibility index (Phi) is 3.71. The Labute approximate surface area is 90.3 Å². The minimum absolute atomic E-state index is 0.252. The van der Waals surface area contributed by atoms with Crippen molar-refractivity contribution in [2.75, 3.05) is 7.11 Å². The molecule has 1 rings (SSSR count). The molecule has 1 aromatic carbocycles. The summed E-state index contributed by atoms with van der Waals surface area (Å²) >= 11 is 0. The summed E-state index contributed by atoms with van der Waals surface area (Å²) in [5.74, 6) is -1.48. The second kappa shape index (κ2) is 5.01. The number of carbonyl (C=O) groups excluding carboxylic acids is 1. The summed E-state index contributed by atoms with van der Waals surface area (Å²) in [7, 11) is 1.16. The van der Waals surface area contributed by atoms with Gasteiger partial charge in [-0.2, -0.15) is 0 Å². The van der Waals surface area contributed by atoms with Gasteiger partial charge in [-0.15, -0.1) is 0 Å². The molecule has 0 radical (unpaired) electrons. The van der Waals surface area contributed by atoms with Crippen molar-refractivity contribution in [3.63, 3.8) is 0 Å². The van der Waals surface area contributed by atoms with Gasteiger partial charge in [0.1, 0.15) is 5.82 Å². The molecule has 0 N–H and O–H groups in total. The molecule has 0 fully saturated rings. The van der Waals surface area contributed by atoms with Crippen LogP contribution < -0.4 is 0 Å². The third kappa shape index (κ3) is 2.63. The zero-order valence-electron chi connectivity index (χ0n) is 8.34. The lowest BCUT2D eigenvalue weighted by Gasteiger charge is -1.98. The van der Waals surface area contributed by atoms with Gasteiger partial charge in [0.15, 0.2) is 0 Å². The second-order valence-electron chi connectivity index (χ2n) is 2.79. The van der Waals surface area contributed by atoms with Crippen molar-refractivity contribution in [1.29, 1.82) is 0 Å². The number of methoxy groups -OCH3 is 1. The highest BCUT2D eigenvalue weighted by Crippen LogP contribution is 2.22. The second-order valence-corrected chi connectivity index (χ2v) is 2.79. The Morgan fingerprint density at radius 3 is 2.81 bits per heavy atom. The van der Waals surface area contributed by atoms with Crippen LogP contribution in [0.3, 0.4) is 0 Å². The Balaban J connectivity index is 3.16. The van der Waals surface area contributed by atoms with E-state index in [1.807, 2.05) is 0 Å². The first-order chi connectivity index (χ1) is 7.56. The molecule has 0 spiro atoms. The number of nitrogens with zero attached hydrogens (tertiary/aromatic N) is 1. The van der Waals surface area contributed by atoms with E-state index < -0.39 is 22.4 Å². The largest absolute Gasteiger partial charge is 0.466 e. The minimum Gasteiger partial charge on any atom is -0.466 e. The summed E-state index contributed by atoms with van der Waals surface area (Å²) in [6.45, 7) is 0. The fourth-order valence-corrected chi connectivity index (χ4v) is 1.07. The lowest BCUT2D eigenvalue weighted by atomic mass is 10.1. The molecule has 0 unspecified atom stereocenters. The lowest BCUT2D eigenvalue weighted by molar-refractivity contribution is -0.385. The summed E-state index contributed by atoms with van der Waals surface area (Å²) in [4.78, 5) is 20.6. The molecule has 0 bridgehead atoms. The molecule has 0 aliphatic carbocycles. The first kappa shape index (κ1) is 11.8. The van der Waals surface area contributed by atoms with Crippen molar-refractivity contribution in [2.45, 2.75) is 0 Å². The van der Waals surface area contributed by atoms with Crippen molar-refractivity contribution in [3.05, 3.63) is 45.8 Å². The van der Waals surface area contributed by atoms with Gasteiger partial charge in [0, 0.05) is 12.1 Å². The highest BCUT2D eigenvalue weighted by atomic mass is 19.1. The molecule has 0 heterocycles. The van der Waals surface area contributed by atoms with E-state index in [1.165, 1.54) is 6.07 Å². The van der Waals surface area contributed by atoms with Crippen molar-refractivity contribution in [2.24, 2.45) is 0 Å². The van der Waals surface area contributed by atoms with Gasteiger partial charge in [0.05, 0.1) is 17.6 Å². The normalized spacial score (nSPS) is 10.4. The highest BCUT2D eigenvalue weighted by Gasteiger charge is 2.15. The van der Waals surface area contributed by atoms with Crippen LogP contribution in [0, 0.1) is 15.9 Å². The molecule has 16 heavy (non-hydrogen) atoms. The topological polar surface area (TPSA) is 69.4 Å². The number of carbonyl (C=O) groups is 1. The average Bonchev–Trinajstić information content (AvgIpc) is 2.26. The predicted molar refractivity (Wildman–Crippen MR) is 54.1 cm³/mol. The summed E-state index contributed by atoms with van der Waals surface area (Å²) in [6, 6.07) is 3.45. The number of hydrogen-bond acceptors (Lipinski definition) is 4. The van der Waals surface area contributed by atoms with E-state index in [-0.39, 0.29) is 5.56 Å². The predicted octanol–water partition coefficient (Wildman–Crippen LogP) is 1.92. The minimum atomic E-state index is -0.769. The van der Waals surface area contributed by atoms with Crippen molar-refractivity contribution < 1.29 is 18.8 Å². The summed E-state index contributed by atoms with van der Waals surface area (Å²) in [6.07, 6.45) is 1.94. The molecule has 0 saturated carbocycles. The van der Waals surface area contributed by atoms with E-state index in [0.29, 0.717) is 0 Å². The van der Waals surface area contributed by atoms with E-state index in [9.17, 15) is 19.3 Å². The molecule has 0 saturated heterocycles. The van der Waals surface area contributed by atoms with Gasteiger partial charge in [0.2, 0.25) is 0 Å². The molecule has 0 aliphatic rings. The molecule has 1 aromatic rings. The van der Waals surface area contributed by atoms with Crippen LogP contribution in [0.5, 0.6) is 0 Å². The van der Waals surface area contributed by atoms with Crippen molar-refractivity contribution >= 4 is 17.7 Å². The van der Waals surface area contributed by atoms with Gasteiger partial charge in [-0.1, -0.05) is 6.07 Å². The van der Waals surface area contributed by atoms with Gasteiger partial charge < -0.3 is 4.74 Å². The van der Waals surface area contributed by atoms with Crippen LogP contribution in [0.15, 0.2) is 24.3 Å². The zero-order valence-corrected chi connectivity index (χ0v) is 8.34. The molecule has 0 atom stereocenters. The maximum Gasteiger partial charge on any atom is 0.330 e. The van der Waals surface area contributed by atoms with E-state index in [0.717, 1.165) is 31.4 Å². The van der Waals surface area contributed by atoms with Crippen LogP contribution in [0.1, 0.15) is 5.56 Å². The number of rotatable bonds is 3. The highest BCUT2D eigenvalue weighted by molar-refractivity contribution is 5.87. The van der Waals surface area contributed by atoms with E-state index in [4.69, 9.17) is 0 Å². The van der Waals surface area contributed by atoms with Crippen LogP contribution in [-0.4, -0.2) is 18.0 Å². The van der Waals surface area contributed by atoms with Gasteiger partial charge >= 0.3 is 5.97 Å². The first-order valence-electron chi connectivity index (χ1n) is 4.25. The molecule has 5 nitrogen and oxygen atoms in total. The van der Waals surface area contributed by atoms with Gasteiger partial charge in [-0.25, -0.2) is 9.18 Å². The Bertz CT molecular complexity index is 456. The Morgan fingerprint density at radius 2 is 2.25 bits per heavy atom. The molecule has 6 heteroatoms. The maximum atomic E-state index is 13.3. The van der Waals surface area contributed by atoms with Gasteiger partial charge in [-0.3, -0.25) is 10.1 Å². The fraction of sp³-hybridized carbons (Fsp3) is 0.100. The van der Waals surface area contributed by atoms with E-state index >= 15 is 0 Å². The molecular weight excluding hydrogens is 217 g/mol. The van der Waals surface area contributed by atoms with Crippen LogP contribution in [0.4, 0.5) is 10.1 Å². The molecule has 0 aromatic heterocycles. The van der Waals surface area contributed by atoms with Crippen LogP contribution in [0.25, 0.3) is 6.08 Å². The number of nitro groups is 1. The maximum absolute atomic E-state index is 13.3. The number of hydrogen-bond donors (Lipinski definition) is 0. The SMILES string of the molecule is COC(=O)/C=C/c1c(F)cccc1[N+](=O)[O-].